The lowest BCUT2D eigenvalue weighted by Crippen LogP contribution is -2.39. The normalized spacial score (nSPS) is 30.8. The van der Waals surface area contributed by atoms with E-state index >= 15 is 0 Å². The van der Waals surface area contributed by atoms with Crippen LogP contribution in [0.15, 0.2) is 24.3 Å². The summed E-state index contributed by atoms with van der Waals surface area (Å²) in [6.45, 7) is 14.1. The van der Waals surface area contributed by atoms with Crippen molar-refractivity contribution in [1.29, 1.82) is 0 Å². The van der Waals surface area contributed by atoms with Crippen LogP contribution in [-0.4, -0.2) is 32.2 Å². The van der Waals surface area contributed by atoms with Crippen LogP contribution in [-0.2, 0) is 6.42 Å². The van der Waals surface area contributed by atoms with Crippen molar-refractivity contribution >= 4 is 0 Å². The summed E-state index contributed by atoms with van der Waals surface area (Å²) in [6, 6.07) is 10.6. The summed E-state index contributed by atoms with van der Waals surface area (Å²) in [5.74, 6) is 1.56. The zero-order valence-electron chi connectivity index (χ0n) is 17.3. The number of benzene rings is 1. The molecule has 1 aromatic carbocycles. The van der Waals surface area contributed by atoms with Crippen molar-refractivity contribution in [3.05, 3.63) is 35.4 Å². The summed E-state index contributed by atoms with van der Waals surface area (Å²) < 4.78 is 0. The number of piperidine rings is 1. The number of rotatable bonds is 5. The topological polar surface area (TPSA) is 36.1 Å². The Morgan fingerprint density at radius 2 is 1.73 bits per heavy atom. The van der Waals surface area contributed by atoms with Crippen LogP contribution in [0.25, 0.3) is 0 Å². The van der Waals surface area contributed by atoms with Crippen molar-refractivity contribution in [3.63, 3.8) is 0 Å². The highest BCUT2D eigenvalue weighted by atomic mass is 15.0. The van der Waals surface area contributed by atoms with Gasteiger partial charge in [0, 0.05) is 18.6 Å². The third kappa shape index (κ3) is 5.80. The van der Waals surface area contributed by atoms with Gasteiger partial charge >= 0.3 is 0 Å². The first kappa shape index (κ1) is 19.9. The van der Waals surface area contributed by atoms with Gasteiger partial charge in [0.1, 0.15) is 0 Å². The van der Waals surface area contributed by atoms with Crippen LogP contribution >= 0.6 is 0 Å². The van der Waals surface area contributed by atoms with E-state index in [2.05, 4.69) is 67.9 Å². The summed E-state index contributed by atoms with van der Waals surface area (Å²) in [5.41, 5.74) is 3.24. The van der Waals surface area contributed by atoms with Crippen molar-refractivity contribution in [2.75, 3.05) is 26.2 Å². The maximum atomic E-state index is 3.76. The first-order valence-electron chi connectivity index (χ1n) is 10.7. The van der Waals surface area contributed by atoms with Crippen LogP contribution in [0.4, 0.5) is 0 Å². The van der Waals surface area contributed by atoms with Gasteiger partial charge in [-0.05, 0) is 73.7 Å². The van der Waals surface area contributed by atoms with Gasteiger partial charge in [-0.15, -0.1) is 0 Å². The summed E-state index contributed by atoms with van der Waals surface area (Å²) in [6.07, 6.45) is 4.95. The van der Waals surface area contributed by atoms with Gasteiger partial charge < -0.3 is 16.0 Å². The van der Waals surface area contributed by atoms with E-state index in [0.717, 1.165) is 44.4 Å². The molecule has 0 amide bonds. The molecule has 0 aromatic heterocycles. The minimum Gasteiger partial charge on any atom is -0.315 e. The van der Waals surface area contributed by atoms with E-state index in [1.807, 2.05) is 0 Å². The van der Waals surface area contributed by atoms with E-state index < -0.39 is 0 Å². The molecule has 0 bridgehead atoms. The third-order valence-electron chi connectivity index (χ3n) is 6.17. The molecule has 2 heterocycles. The predicted octanol–water partition coefficient (Wildman–Crippen LogP) is 3.90. The minimum atomic E-state index is 0.312. The highest BCUT2D eigenvalue weighted by Crippen LogP contribution is 2.30. The van der Waals surface area contributed by atoms with Crippen LogP contribution in [0.2, 0.25) is 0 Å². The number of nitrogens with one attached hydrogen (secondary N) is 3. The molecular weight excluding hydrogens is 318 g/mol. The third-order valence-corrected chi connectivity index (χ3v) is 6.17. The average molecular weight is 358 g/mol. The van der Waals surface area contributed by atoms with E-state index in [4.69, 9.17) is 0 Å². The smallest absolute Gasteiger partial charge is 0.0322 e. The lowest BCUT2D eigenvalue weighted by atomic mass is 9.79. The fourth-order valence-electron chi connectivity index (χ4n) is 4.68. The van der Waals surface area contributed by atoms with Crippen molar-refractivity contribution in [2.45, 2.75) is 65.5 Å². The molecule has 3 rings (SSSR count). The minimum absolute atomic E-state index is 0.312. The fraction of sp³-hybridized carbons (Fsp3) is 0.739. The average Bonchev–Trinajstić information content (AvgIpc) is 2.79. The van der Waals surface area contributed by atoms with Gasteiger partial charge in [-0.3, -0.25) is 0 Å². The van der Waals surface area contributed by atoms with Crippen molar-refractivity contribution in [1.82, 2.24) is 16.0 Å². The highest BCUT2D eigenvalue weighted by Gasteiger charge is 2.26. The Kier molecular flexibility index (Phi) is 6.76. The highest BCUT2D eigenvalue weighted by molar-refractivity contribution is 5.26. The van der Waals surface area contributed by atoms with Gasteiger partial charge in [0.15, 0.2) is 0 Å². The monoisotopic (exact) mass is 357 g/mol. The molecule has 26 heavy (non-hydrogen) atoms. The molecule has 2 unspecified atom stereocenters. The van der Waals surface area contributed by atoms with E-state index in [1.165, 1.54) is 30.4 Å². The molecule has 2 aliphatic heterocycles. The lowest BCUT2D eigenvalue weighted by molar-refractivity contribution is 0.279. The van der Waals surface area contributed by atoms with Gasteiger partial charge in [0.05, 0.1) is 0 Å². The quantitative estimate of drug-likeness (QED) is 0.748. The van der Waals surface area contributed by atoms with Gasteiger partial charge in [-0.2, -0.15) is 0 Å². The van der Waals surface area contributed by atoms with Crippen molar-refractivity contribution in [3.8, 4) is 0 Å². The molecule has 4 atom stereocenters. The zero-order valence-corrected chi connectivity index (χ0v) is 17.3. The standard InChI is InChI=1S/C23H39N3/c1-17-9-10-25-22(11-17)20-7-5-19(6-8-20)12-23(3,4)13-21-16-24-14-18(2)15-26-21/h5-8,17-18,21-22,24-26H,9-16H2,1-4H3/t17-,18-,21?,22?/m1/s1. The summed E-state index contributed by atoms with van der Waals surface area (Å²) in [4.78, 5) is 0. The largest absolute Gasteiger partial charge is 0.315 e. The van der Waals surface area contributed by atoms with Crippen molar-refractivity contribution < 1.29 is 0 Å². The summed E-state index contributed by atoms with van der Waals surface area (Å²) in [5, 5.41) is 11.1. The zero-order chi connectivity index (χ0) is 18.6. The van der Waals surface area contributed by atoms with E-state index in [9.17, 15) is 0 Å². The van der Waals surface area contributed by atoms with Gasteiger partial charge in [-0.1, -0.05) is 52.0 Å². The van der Waals surface area contributed by atoms with E-state index in [-0.39, 0.29) is 0 Å². The molecule has 3 heteroatoms. The van der Waals surface area contributed by atoms with Crippen molar-refractivity contribution in [2.24, 2.45) is 17.3 Å². The Morgan fingerprint density at radius 1 is 0.962 bits per heavy atom. The van der Waals surface area contributed by atoms with E-state index in [0.29, 0.717) is 17.5 Å². The lowest BCUT2D eigenvalue weighted by Gasteiger charge is -2.31. The van der Waals surface area contributed by atoms with Crippen LogP contribution in [0.5, 0.6) is 0 Å². The molecule has 2 aliphatic rings. The Labute approximate surface area is 160 Å². The molecule has 0 saturated carbocycles. The molecule has 0 radical (unpaired) electrons. The number of hydrogen-bond donors (Lipinski definition) is 3. The SMILES string of the molecule is C[C@@H]1CNCC(CC(C)(C)Cc2ccc(C3C[C@H](C)CCN3)cc2)NC1. The second-order valence-electron chi connectivity index (χ2n) is 9.79. The maximum Gasteiger partial charge on any atom is 0.0322 e. The summed E-state index contributed by atoms with van der Waals surface area (Å²) in [7, 11) is 0. The first-order valence-corrected chi connectivity index (χ1v) is 10.7. The molecule has 2 fully saturated rings. The van der Waals surface area contributed by atoms with Gasteiger partial charge in [-0.25, -0.2) is 0 Å². The maximum absolute atomic E-state index is 3.76. The Morgan fingerprint density at radius 3 is 2.46 bits per heavy atom. The van der Waals surface area contributed by atoms with Crippen LogP contribution in [0, 0.1) is 17.3 Å². The fourth-order valence-corrected chi connectivity index (χ4v) is 4.68. The molecule has 0 aliphatic carbocycles. The predicted molar refractivity (Wildman–Crippen MR) is 112 cm³/mol. The molecule has 1 aromatic rings. The van der Waals surface area contributed by atoms with E-state index in [1.54, 1.807) is 0 Å². The molecule has 3 nitrogen and oxygen atoms in total. The molecule has 2 saturated heterocycles. The molecule has 3 N–H and O–H groups in total. The number of hydrogen-bond acceptors (Lipinski definition) is 3. The Bertz CT molecular complexity index is 551. The second kappa shape index (κ2) is 8.86. The Balaban J connectivity index is 1.55. The Hall–Kier alpha value is -0.900. The van der Waals surface area contributed by atoms with Crippen LogP contribution in [0.3, 0.4) is 0 Å². The van der Waals surface area contributed by atoms with Gasteiger partial charge in [0.2, 0.25) is 0 Å². The molecular formula is C23H39N3. The van der Waals surface area contributed by atoms with Crippen LogP contribution < -0.4 is 16.0 Å². The van der Waals surface area contributed by atoms with Crippen LogP contribution in [0.1, 0.15) is 64.1 Å². The molecule has 146 valence electrons. The second-order valence-corrected chi connectivity index (χ2v) is 9.79. The summed E-state index contributed by atoms with van der Waals surface area (Å²) >= 11 is 0. The first-order chi connectivity index (χ1) is 12.4. The molecule has 0 spiro atoms. The van der Waals surface area contributed by atoms with Gasteiger partial charge in [0.25, 0.3) is 0 Å².